The second kappa shape index (κ2) is 2.29. The first-order valence-electron chi connectivity index (χ1n) is 3.65. The van der Waals surface area contributed by atoms with E-state index < -0.39 is 11.8 Å². The van der Waals surface area contributed by atoms with Gasteiger partial charge in [0.25, 0.3) is 11.8 Å². The molecule has 1 aromatic rings. The third-order valence-corrected chi connectivity index (χ3v) is 1.93. The lowest BCUT2D eigenvalue weighted by Crippen LogP contribution is -2.20. The maximum atomic E-state index is 11.2. The summed E-state index contributed by atoms with van der Waals surface area (Å²) < 4.78 is 0. The van der Waals surface area contributed by atoms with E-state index in [2.05, 4.69) is 10.3 Å². The number of aromatic nitrogens is 1. The zero-order chi connectivity index (χ0) is 9.59. The van der Waals surface area contributed by atoms with Crippen molar-refractivity contribution < 1.29 is 14.7 Å². The Kier molecular flexibility index (Phi) is 1.36. The van der Waals surface area contributed by atoms with E-state index in [1.807, 2.05) is 0 Å². The maximum absolute atomic E-state index is 11.2. The van der Waals surface area contributed by atoms with Crippen LogP contribution in [0.25, 0.3) is 0 Å². The molecular formula is C8H6N2O3. The fourth-order valence-electron chi connectivity index (χ4n) is 1.33. The lowest BCUT2D eigenvalue weighted by Gasteiger charge is -1.99. The standard InChI is InChI=1S/C8H6N2O3/c1-3-5-6(4(11)2-9-3)8(13)10-7(5)12/h2,11H,1H3,(H,10,12,13). The molecule has 5 heteroatoms. The van der Waals surface area contributed by atoms with Crippen molar-refractivity contribution in [2.45, 2.75) is 6.92 Å². The Hall–Kier alpha value is -1.91. The Morgan fingerprint density at radius 1 is 1.31 bits per heavy atom. The van der Waals surface area contributed by atoms with Gasteiger partial charge < -0.3 is 5.11 Å². The van der Waals surface area contributed by atoms with E-state index in [0.717, 1.165) is 6.20 Å². The Morgan fingerprint density at radius 2 is 1.92 bits per heavy atom. The number of fused-ring (bicyclic) bond motifs is 1. The normalized spacial score (nSPS) is 14.2. The van der Waals surface area contributed by atoms with Gasteiger partial charge in [-0.05, 0) is 6.92 Å². The average Bonchev–Trinajstić information content (AvgIpc) is 2.36. The molecule has 0 aromatic carbocycles. The van der Waals surface area contributed by atoms with Crippen molar-refractivity contribution in [3.05, 3.63) is 23.0 Å². The molecule has 2 amide bonds. The minimum absolute atomic E-state index is 0.0255. The highest BCUT2D eigenvalue weighted by atomic mass is 16.3. The predicted octanol–water partition coefficient (Wildman–Crippen LogP) is -0.0208. The topological polar surface area (TPSA) is 79.3 Å². The van der Waals surface area contributed by atoms with Crippen molar-refractivity contribution in [1.82, 2.24) is 10.3 Å². The number of hydrogen-bond acceptors (Lipinski definition) is 4. The summed E-state index contributed by atoms with van der Waals surface area (Å²) >= 11 is 0. The zero-order valence-electron chi connectivity index (χ0n) is 6.79. The van der Waals surface area contributed by atoms with Gasteiger partial charge in [0, 0.05) is 0 Å². The molecule has 1 aromatic heterocycles. The van der Waals surface area contributed by atoms with Gasteiger partial charge in [0.1, 0.15) is 5.75 Å². The van der Waals surface area contributed by atoms with Crippen molar-refractivity contribution in [3.63, 3.8) is 0 Å². The summed E-state index contributed by atoms with van der Waals surface area (Å²) in [6.07, 6.45) is 1.16. The lowest BCUT2D eigenvalue weighted by atomic mass is 10.1. The van der Waals surface area contributed by atoms with Crippen LogP contribution in [0, 0.1) is 6.92 Å². The Labute approximate surface area is 73.4 Å². The molecule has 2 rings (SSSR count). The molecule has 0 atom stereocenters. The van der Waals surface area contributed by atoms with Crippen molar-refractivity contribution in [3.8, 4) is 5.75 Å². The van der Waals surface area contributed by atoms with Crippen molar-refractivity contribution in [1.29, 1.82) is 0 Å². The predicted molar refractivity (Wildman–Crippen MR) is 42.4 cm³/mol. The van der Waals surface area contributed by atoms with Crippen LogP contribution in [0.15, 0.2) is 6.20 Å². The number of hydrogen-bond donors (Lipinski definition) is 2. The van der Waals surface area contributed by atoms with Gasteiger partial charge in [-0.25, -0.2) is 0 Å². The molecule has 0 unspecified atom stereocenters. The number of amides is 2. The first-order valence-corrected chi connectivity index (χ1v) is 3.65. The summed E-state index contributed by atoms with van der Waals surface area (Å²) in [7, 11) is 0. The van der Waals surface area contributed by atoms with E-state index >= 15 is 0 Å². The molecule has 0 fully saturated rings. The van der Waals surface area contributed by atoms with Crippen molar-refractivity contribution >= 4 is 11.8 Å². The second-order valence-corrected chi connectivity index (χ2v) is 2.76. The molecule has 0 saturated heterocycles. The van der Waals surface area contributed by atoms with E-state index in [4.69, 9.17) is 0 Å². The van der Waals surface area contributed by atoms with E-state index in [1.54, 1.807) is 6.92 Å². The number of carbonyl (C=O) groups excluding carboxylic acids is 2. The molecule has 2 N–H and O–H groups in total. The Bertz CT molecular complexity index is 387. The van der Waals surface area contributed by atoms with Crippen LogP contribution in [-0.2, 0) is 0 Å². The second-order valence-electron chi connectivity index (χ2n) is 2.76. The molecule has 5 nitrogen and oxygen atoms in total. The molecule has 66 valence electrons. The number of aromatic hydroxyl groups is 1. The third kappa shape index (κ3) is 0.900. The fraction of sp³-hybridized carbons (Fsp3) is 0.125. The molecule has 0 spiro atoms. The summed E-state index contributed by atoms with van der Waals surface area (Å²) in [6.45, 7) is 1.61. The largest absolute Gasteiger partial charge is 0.505 e. The van der Waals surface area contributed by atoms with Crippen LogP contribution in [0.2, 0.25) is 0 Å². The Morgan fingerprint density at radius 3 is 2.54 bits per heavy atom. The monoisotopic (exact) mass is 178 g/mol. The highest BCUT2D eigenvalue weighted by Gasteiger charge is 2.31. The maximum Gasteiger partial charge on any atom is 0.262 e. The number of carbonyl (C=O) groups is 2. The molecule has 0 radical (unpaired) electrons. The van der Waals surface area contributed by atoms with E-state index in [9.17, 15) is 14.7 Å². The van der Waals surface area contributed by atoms with Crippen LogP contribution in [0.1, 0.15) is 26.4 Å². The molecule has 1 aliphatic rings. The SMILES string of the molecule is Cc1ncc(O)c2c1C(=O)NC2=O. The third-order valence-electron chi connectivity index (χ3n) is 1.93. The average molecular weight is 178 g/mol. The first-order chi connectivity index (χ1) is 6.11. The number of imide groups is 1. The van der Waals surface area contributed by atoms with Gasteiger partial charge in [-0.2, -0.15) is 0 Å². The summed E-state index contributed by atoms with van der Waals surface area (Å²) in [5.74, 6) is -1.33. The first kappa shape index (κ1) is 7.72. The highest BCUT2D eigenvalue weighted by molar-refractivity contribution is 6.23. The Balaban J connectivity index is 2.81. The molecule has 2 heterocycles. The van der Waals surface area contributed by atoms with Crippen LogP contribution in [0.4, 0.5) is 0 Å². The van der Waals surface area contributed by atoms with Gasteiger partial charge >= 0.3 is 0 Å². The van der Waals surface area contributed by atoms with Crippen LogP contribution < -0.4 is 5.32 Å². The van der Waals surface area contributed by atoms with Crippen molar-refractivity contribution in [2.24, 2.45) is 0 Å². The molecular weight excluding hydrogens is 172 g/mol. The molecule has 0 bridgehead atoms. The minimum atomic E-state index is -0.567. The summed E-state index contributed by atoms with van der Waals surface area (Å²) in [4.78, 5) is 26.1. The molecule has 0 aliphatic carbocycles. The summed E-state index contributed by atoms with van der Waals surface area (Å²) in [6, 6.07) is 0. The van der Waals surface area contributed by atoms with Crippen LogP contribution >= 0.6 is 0 Å². The van der Waals surface area contributed by atoms with Gasteiger partial charge in [0.15, 0.2) is 0 Å². The number of nitrogens with zero attached hydrogens (tertiary/aromatic N) is 1. The molecule has 1 aliphatic heterocycles. The number of nitrogens with one attached hydrogen (secondary N) is 1. The van der Waals surface area contributed by atoms with Crippen LogP contribution in [-0.4, -0.2) is 21.9 Å². The van der Waals surface area contributed by atoms with Gasteiger partial charge in [0.2, 0.25) is 0 Å². The molecule has 13 heavy (non-hydrogen) atoms. The quantitative estimate of drug-likeness (QED) is 0.547. The van der Waals surface area contributed by atoms with Gasteiger partial charge in [-0.3, -0.25) is 19.9 Å². The van der Waals surface area contributed by atoms with Crippen LogP contribution in [0.3, 0.4) is 0 Å². The van der Waals surface area contributed by atoms with E-state index in [-0.39, 0.29) is 16.9 Å². The smallest absolute Gasteiger partial charge is 0.262 e. The molecule has 0 saturated carbocycles. The summed E-state index contributed by atoms with van der Waals surface area (Å²) in [5, 5.41) is 11.4. The minimum Gasteiger partial charge on any atom is -0.505 e. The van der Waals surface area contributed by atoms with Crippen molar-refractivity contribution in [2.75, 3.05) is 0 Å². The highest BCUT2D eigenvalue weighted by Crippen LogP contribution is 2.25. The van der Waals surface area contributed by atoms with E-state index in [1.165, 1.54) is 0 Å². The lowest BCUT2D eigenvalue weighted by molar-refractivity contribution is 0.0879. The van der Waals surface area contributed by atoms with Crippen LogP contribution in [0.5, 0.6) is 5.75 Å². The fourth-order valence-corrected chi connectivity index (χ4v) is 1.33. The van der Waals surface area contributed by atoms with Gasteiger partial charge in [-0.1, -0.05) is 0 Å². The number of aryl methyl sites for hydroxylation is 1. The van der Waals surface area contributed by atoms with E-state index in [0.29, 0.717) is 5.69 Å². The number of rotatable bonds is 0. The van der Waals surface area contributed by atoms with Gasteiger partial charge in [-0.15, -0.1) is 0 Å². The number of pyridine rings is 1. The van der Waals surface area contributed by atoms with Gasteiger partial charge in [0.05, 0.1) is 23.0 Å². The zero-order valence-corrected chi connectivity index (χ0v) is 6.79. The summed E-state index contributed by atoms with van der Waals surface area (Å²) in [5.41, 5.74) is 0.638.